The highest BCUT2D eigenvalue weighted by Gasteiger charge is 2.23. The lowest BCUT2D eigenvalue weighted by atomic mass is 10.2. The first kappa shape index (κ1) is 20.4. The van der Waals surface area contributed by atoms with Crippen LogP contribution in [0.1, 0.15) is 10.4 Å². The lowest BCUT2D eigenvalue weighted by Crippen LogP contribution is -2.18. The van der Waals surface area contributed by atoms with Crippen LogP contribution in [0.5, 0.6) is 0 Å². The van der Waals surface area contributed by atoms with E-state index in [-0.39, 0.29) is 22.2 Å². The fourth-order valence-corrected chi connectivity index (χ4v) is 4.86. The maximum Gasteiger partial charge on any atom is 0.248 e. The average molecular weight is 433 g/mol. The molecule has 7 nitrogen and oxygen atoms in total. The Morgan fingerprint density at radius 3 is 2.19 bits per heavy atom. The molecule has 156 valence electrons. The van der Waals surface area contributed by atoms with E-state index in [1.807, 2.05) is 0 Å². The molecular weight excluding hydrogens is 414 g/mol. The summed E-state index contributed by atoms with van der Waals surface area (Å²) in [6.07, 6.45) is 1.49. The lowest BCUT2D eigenvalue weighted by Gasteiger charge is -2.08. The molecule has 1 heterocycles. The molecule has 0 atom stereocenters. The summed E-state index contributed by atoms with van der Waals surface area (Å²) < 4.78 is 28.0. The van der Waals surface area contributed by atoms with Crippen molar-refractivity contribution in [3.63, 3.8) is 0 Å². The van der Waals surface area contributed by atoms with Crippen molar-refractivity contribution in [3.8, 4) is 0 Å². The summed E-state index contributed by atoms with van der Waals surface area (Å²) in [5.74, 6) is -0.889. The van der Waals surface area contributed by atoms with Gasteiger partial charge in [-0.15, -0.1) is 0 Å². The van der Waals surface area contributed by atoms with Crippen LogP contribution in [0.2, 0.25) is 0 Å². The molecule has 0 unspecified atom stereocenters. The first-order valence-electron chi connectivity index (χ1n) is 9.44. The highest BCUT2D eigenvalue weighted by atomic mass is 32.2. The number of sulfone groups is 1. The third-order valence-electron chi connectivity index (χ3n) is 4.86. The number of carbonyl (C=O) groups is 2. The van der Waals surface area contributed by atoms with E-state index in [0.717, 1.165) is 0 Å². The second-order valence-electron chi connectivity index (χ2n) is 6.94. The predicted octanol–water partition coefficient (Wildman–Crippen LogP) is 3.21. The van der Waals surface area contributed by atoms with E-state index in [1.54, 1.807) is 71.3 Å². The van der Waals surface area contributed by atoms with Crippen LogP contribution < -0.4 is 11.1 Å². The topological polar surface area (TPSA) is 111 Å². The molecule has 0 fully saturated rings. The maximum atomic E-state index is 13.2. The number of anilines is 1. The molecule has 3 aromatic carbocycles. The minimum absolute atomic E-state index is 0.0810. The number of para-hydroxylation sites is 1. The number of fused-ring (bicyclic) bond motifs is 1. The maximum absolute atomic E-state index is 13.2. The van der Waals surface area contributed by atoms with Crippen LogP contribution in [-0.2, 0) is 21.2 Å². The quantitative estimate of drug-likeness (QED) is 0.486. The fraction of sp³-hybridized carbons (Fsp3) is 0.0435. The van der Waals surface area contributed by atoms with Gasteiger partial charge in [0.1, 0.15) is 6.54 Å². The Bertz CT molecular complexity index is 1380. The third kappa shape index (κ3) is 4.06. The van der Waals surface area contributed by atoms with E-state index in [2.05, 4.69) is 5.32 Å². The third-order valence-corrected chi connectivity index (χ3v) is 6.66. The molecule has 2 amide bonds. The van der Waals surface area contributed by atoms with Crippen molar-refractivity contribution in [2.24, 2.45) is 5.73 Å². The van der Waals surface area contributed by atoms with E-state index >= 15 is 0 Å². The summed E-state index contributed by atoms with van der Waals surface area (Å²) in [4.78, 5) is 24.1. The van der Waals surface area contributed by atoms with Crippen LogP contribution in [0.25, 0.3) is 10.9 Å². The summed E-state index contributed by atoms with van der Waals surface area (Å²) in [5.41, 5.74) is 6.70. The van der Waals surface area contributed by atoms with Gasteiger partial charge in [0, 0.05) is 28.4 Å². The van der Waals surface area contributed by atoms with Gasteiger partial charge in [-0.2, -0.15) is 0 Å². The Morgan fingerprint density at radius 2 is 1.52 bits per heavy atom. The number of nitrogens with two attached hydrogens (primary N) is 1. The molecule has 0 radical (unpaired) electrons. The Labute approximate surface area is 179 Å². The van der Waals surface area contributed by atoms with Gasteiger partial charge >= 0.3 is 0 Å². The molecule has 0 aliphatic rings. The zero-order valence-electron chi connectivity index (χ0n) is 16.4. The molecular formula is C23H19N3O4S. The summed E-state index contributed by atoms with van der Waals surface area (Å²) >= 11 is 0. The fourth-order valence-electron chi connectivity index (χ4n) is 3.36. The van der Waals surface area contributed by atoms with Crippen LogP contribution in [-0.4, -0.2) is 24.8 Å². The van der Waals surface area contributed by atoms with E-state index in [0.29, 0.717) is 22.2 Å². The molecule has 0 bridgehead atoms. The normalized spacial score (nSPS) is 11.4. The number of aromatic nitrogens is 1. The molecule has 1 aromatic heterocycles. The summed E-state index contributed by atoms with van der Waals surface area (Å²) in [6.45, 7) is -0.0810. The van der Waals surface area contributed by atoms with E-state index in [4.69, 9.17) is 5.73 Å². The van der Waals surface area contributed by atoms with Gasteiger partial charge in [-0.3, -0.25) is 9.59 Å². The molecule has 3 N–H and O–H groups in total. The molecule has 4 aromatic rings. The zero-order chi connectivity index (χ0) is 22.0. The van der Waals surface area contributed by atoms with Gasteiger partial charge in [-0.05, 0) is 42.5 Å². The Balaban J connectivity index is 1.64. The van der Waals surface area contributed by atoms with Crippen molar-refractivity contribution >= 4 is 38.2 Å². The van der Waals surface area contributed by atoms with Gasteiger partial charge in [0.25, 0.3) is 0 Å². The molecule has 31 heavy (non-hydrogen) atoms. The van der Waals surface area contributed by atoms with E-state index in [1.165, 1.54) is 18.3 Å². The molecule has 0 aliphatic carbocycles. The van der Waals surface area contributed by atoms with Crippen molar-refractivity contribution < 1.29 is 18.0 Å². The average Bonchev–Trinajstić information content (AvgIpc) is 3.14. The lowest BCUT2D eigenvalue weighted by molar-refractivity contribution is -0.116. The van der Waals surface area contributed by atoms with Gasteiger partial charge in [0.15, 0.2) is 0 Å². The van der Waals surface area contributed by atoms with Gasteiger partial charge in [0.2, 0.25) is 21.7 Å². The second-order valence-corrected chi connectivity index (χ2v) is 8.86. The van der Waals surface area contributed by atoms with Gasteiger partial charge in [0.05, 0.1) is 9.79 Å². The molecule has 0 saturated carbocycles. The first-order chi connectivity index (χ1) is 14.9. The van der Waals surface area contributed by atoms with E-state index in [9.17, 15) is 18.0 Å². The molecule has 8 heteroatoms. The van der Waals surface area contributed by atoms with Crippen molar-refractivity contribution in [1.82, 2.24) is 4.57 Å². The second kappa shape index (κ2) is 8.08. The molecule has 0 spiro atoms. The van der Waals surface area contributed by atoms with Crippen molar-refractivity contribution in [2.45, 2.75) is 16.3 Å². The summed E-state index contributed by atoms with van der Waals surface area (Å²) in [7, 11) is -3.75. The van der Waals surface area contributed by atoms with Crippen LogP contribution in [0, 0.1) is 0 Å². The smallest absolute Gasteiger partial charge is 0.248 e. The Kier molecular flexibility index (Phi) is 5.31. The largest absolute Gasteiger partial charge is 0.366 e. The van der Waals surface area contributed by atoms with Crippen LogP contribution >= 0.6 is 0 Å². The molecule has 4 rings (SSSR count). The highest BCUT2D eigenvalue weighted by Crippen LogP contribution is 2.30. The Morgan fingerprint density at radius 1 is 0.871 bits per heavy atom. The number of amides is 2. The number of hydrogen-bond donors (Lipinski definition) is 2. The number of nitrogens with zero attached hydrogens (tertiary/aromatic N) is 1. The van der Waals surface area contributed by atoms with Crippen LogP contribution in [0.15, 0.2) is 94.9 Å². The summed E-state index contributed by atoms with van der Waals surface area (Å²) in [6, 6.07) is 21.4. The number of nitrogens with one attached hydrogen (secondary N) is 1. The van der Waals surface area contributed by atoms with E-state index < -0.39 is 15.7 Å². The SMILES string of the molecule is NC(=O)c1ccc(NC(=O)Cn2cc(S(=O)(=O)c3ccccc3)c3ccccc32)cc1. The van der Waals surface area contributed by atoms with Gasteiger partial charge in [-0.1, -0.05) is 36.4 Å². The monoisotopic (exact) mass is 433 g/mol. The zero-order valence-corrected chi connectivity index (χ0v) is 17.2. The standard InChI is InChI=1S/C23H19N3O4S/c24-23(28)16-10-12-17(13-11-16)25-22(27)15-26-14-21(19-8-4-5-9-20(19)26)31(29,30)18-6-2-1-3-7-18/h1-14H,15H2,(H2,24,28)(H,25,27). The minimum Gasteiger partial charge on any atom is -0.366 e. The van der Waals surface area contributed by atoms with Gasteiger partial charge in [-0.25, -0.2) is 8.42 Å². The van der Waals surface area contributed by atoms with Crippen molar-refractivity contribution in [3.05, 3.63) is 90.6 Å². The number of carbonyl (C=O) groups excluding carboxylic acids is 2. The Hall–Kier alpha value is -3.91. The van der Waals surface area contributed by atoms with Crippen LogP contribution in [0.4, 0.5) is 5.69 Å². The number of primary amides is 1. The molecule has 0 aliphatic heterocycles. The first-order valence-corrected chi connectivity index (χ1v) is 10.9. The predicted molar refractivity (Wildman–Crippen MR) is 117 cm³/mol. The number of hydrogen-bond acceptors (Lipinski definition) is 4. The summed E-state index contributed by atoms with van der Waals surface area (Å²) in [5, 5.41) is 3.29. The minimum atomic E-state index is -3.75. The molecule has 0 saturated heterocycles. The van der Waals surface area contributed by atoms with Crippen molar-refractivity contribution in [1.29, 1.82) is 0 Å². The van der Waals surface area contributed by atoms with Crippen molar-refractivity contribution in [2.75, 3.05) is 5.32 Å². The van der Waals surface area contributed by atoms with Gasteiger partial charge < -0.3 is 15.6 Å². The highest BCUT2D eigenvalue weighted by molar-refractivity contribution is 7.91. The van der Waals surface area contributed by atoms with Crippen LogP contribution in [0.3, 0.4) is 0 Å². The number of benzene rings is 3. The number of rotatable bonds is 6.